The Hall–Kier alpha value is -2.89. The summed E-state index contributed by atoms with van der Waals surface area (Å²) in [6.07, 6.45) is 0. The second-order valence-corrected chi connectivity index (χ2v) is 6.26. The van der Waals surface area contributed by atoms with Crippen LogP contribution in [-0.4, -0.2) is 20.8 Å². The van der Waals surface area contributed by atoms with Crippen LogP contribution >= 0.6 is 0 Å². The van der Waals surface area contributed by atoms with Gasteiger partial charge in [0.25, 0.3) is 5.91 Å². The summed E-state index contributed by atoms with van der Waals surface area (Å²) in [4.78, 5) is 12.6. The van der Waals surface area contributed by atoms with Crippen molar-refractivity contribution in [2.24, 2.45) is 0 Å². The van der Waals surface area contributed by atoms with Gasteiger partial charge in [0.15, 0.2) is 5.69 Å². The molecule has 0 aliphatic rings. The Kier molecular flexibility index (Phi) is 4.70. The highest BCUT2D eigenvalue weighted by Gasteiger charge is 2.21. The third-order valence-corrected chi connectivity index (χ3v) is 4.31. The number of hydrogen-bond donors (Lipinski definition) is 1. The second kappa shape index (κ2) is 6.93. The first kappa shape index (κ1) is 17.0. The van der Waals surface area contributed by atoms with E-state index in [1.165, 1.54) is 0 Å². The Morgan fingerprint density at radius 2 is 1.96 bits per heavy atom. The van der Waals surface area contributed by atoms with E-state index in [0.717, 1.165) is 28.1 Å². The van der Waals surface area contributed by atoms with Crippen LogP contribution in [0.2, 0.25) is 0 Å². The van der Waals surface area contributed by atoms with Crippen molar-refractivity contribution >= 4 is 5.91 Å². The molecule has 1 amide bonds. The molecule has 0 spiro atoms. The molecule has 2 aromatic heterocycles. The Morgan fingerprint density at radius 3 is 2.64 bits per heavy atom. The molecule has 0 unspecified atom stereocenters. The average molecular weight is 338 g/mol. The first-order valence-electron chi connectivity index (χ1n) is 8.24. The molecule has 6 nitrogen and oxygen atoms in total. The van der Waals surface area contributed by atoms with E-state index in [0.29, 0.717) is 24.5 Å². The van der Waals surface area contributed by atoms with Crippen molar-refractivity contribution in [3.05, 3.63) is 69.9 Å². The Morgan fingerprint density at radius 1 is 1.20 bits per heavy atom. The largest absolute Gasteiger partial charge is 0.361 e. The van der Waals surface area contributed by atoms with Gasteiger partial charge in [-0.15, -0.1) is 0 Å². The van der Waals surface area contributed by atoms with E-state index in [-0.39, 0.29) is 5.91 Å². The molecule has 0 aliphatic heterocycles. The smallest absolute Gasteiger partial charge is 0.274 e. The highest BCUT2D eigenvalue weighted by molar-refractivity contribution is 5.93. The SMILES string of the molecule is Cc1cc(C)n(Cc2c(C(=O)NCc3ccccc3C)noc2C)n1. The van der Waals surface area contributed by atoms with Gasteiger partial charge < -0.3 is 9.84 Å². The van der Waals surface area contributed by atoms with Crippen LogP contribution in [0.25, 0.3) is 0 Å². The third-order valence-electron chi connectivity index (χ3n) is 4.31. The first-order chi connectivity index (χ1) is 12.0. The van der Waals surface area contributed by atoms with Gasteiger partial charge in [-0.05, 0) is 44.9 Å². The molecule has 1 N–H and O–H groups in total. The molecule has 0 saturated heterocycles. The van der Waals surface area contributed by atoms with Crippen LogP contribution in [0.4, 0.5) is 0 Å². The van der Waals surface area contributed by atoms with E-state index in [9.17, 15) is 4.79 Å². The quantitative estimate of drug-likeness (QED) is 0.776. The molecule has 25 heavy (non-hydrogen) atoms. The normalized spacial score (nSPS) is 10.9. The molecule has 130 valence electrons. The number of aromatic nitrogens is 3. The van der Waals surface area contributed by atoms with E-state index in [1.54, 1.807) is 0 Å². The Labute approximate surface area is 146 Å². The minimum absolute atomic E-state index is 0.239. The molecule has 3 aromatic rings. The number of rotatable bonds is 5. The molecule has 6 heteroatoms. The predicted molar refractivity (Wildman–Crippen MR) is 94.4 cm³/mol. The van der Waals surface area contributed by atoms with Crippen molar-refractivity contribution in [1.82, 2.24) is 20.3 Å². The fourth-order valence-corrected chi connectivity index (χ4v) is 2.81. The van der Waals surface area contributed by atoms with Crippen LogP contribution in [0.3, 0.4) is 0 Å². The lowest BCUT2D eigenvalue weighted by Gasteiger charge is -2.08. The van der Waals surface area contributed by atoms with Crippen LogP contribution in [0.15, 0.2) is 34.9 Å². The highest BCUT2D eigenvalue weighted by atomic mass is 16.5. The summed E-state index contributed by atoms with van der Waals surface area (Å²) in [5.74, 6) is 0.394. The second-order valence-electron chi connectivity index (χ2n) is 6.26. The molecular formula is C19H22N4O2. The van der Waals surface area contributed by atoms with Crippen LogP contribution < -0.4 is 5.32 Å². The zero-order chi connectivity index (χ0) is 18.0. The van der Waals surface area contributed by atoms with Crippen LogP contribution in [0, 0.1) is 27.7 Å². The zero-order valence-electron chi connectivity index (χ0n) is 15.0. The lowest BCUT2D eigenvalue weighted by atomic mass is 10.1. The number of nitrogens with one attached hydrogen (secondary N) is 1. The van der Waals surface area contributed by atoms with Gasteiger partial charge in [-0.2, -0.15) is 5.10 Å². The minimum atomic E-state index is -0.239. The first-order valence-corrected chi connectivity index (χ1v) is 8.24. The van der Waals surface area contributed by atoms with E-state index in [2.05, 4.69) is 15.6 Å². The maximum absolute atomic E-state index is 12.6. The fraction of sp³-hybridized carbons (Fsp3) is 0.316. The number of nitrogens with zero attached hydrogens (tertiary/aromatic N) is 3. The zero-order valence-corrected chi connectivity index (χ0v) is 15.0. The summed E-state index contributed by atoms with van der Waals surface area (Å²) in [7, 11) is 0. The average Bonchev–Trinajstić information content (AvgIpc) is 3.09. The van der Waals surface area contributed by atoms with Gasteiger partial charge in [0.05, 0.1) is 12.2 Å². The standard InChI is InChI=1S/C19H22N4O2/c1-12-7-5-6-8-16(12)10-20-19(24)18-17(15(4)25-22-18)11-23-14(3)9-13(2)21-23/h5-9H,10-11H2,1-4H3,(H,20,24). The van der Waals surface area contributed by atoms with Gasteiger partial charge in [0.2, 0.25) is 0 Å². The van der Waals surface area contributed by atoms with Crippen molar-refractivity contribution in [3.8, 4) is 0 Å². The van der Waals surface area contributed by atoms with Crippen molar-refractivity contribution < 1.29 is 9.32 Å². The van der Waals surface area contributed by atoms with Crippen LogP contribution in [-0.2, 0) is 13.1 Å². The molecule has 2 heterocycles. The van der Waals surface area contributed by atoms with E-state index in [4.69, 9.17) is 4.52 Å². The molecule has 0 bridgehead atoms. The van der Waals surface area contributed by atoms with Crippen molar-refractivity contribution in [3.63, 3.8) is 0 Å². The lowest BCUT2D eigenvalue weighted by Crippen LogP contribution is -2.25. The van der Waals surface area contributed by atoms with E-state index in [1.807, 2.05) is 62.7 Å². The monoisotopic (exact) mass is 338 g/mol. The number of benzene rings is 1. The maximum atomic E-state index is 12.6. The molecule has 0 atom stereocenters. The Balaban J connectivity index is 1.77. The number of carbonyl (C=O) groups is 1. The topological polar surface area (TPSA) is 73.0 Å². The summed E-state index contributed by atoms with van der Waals surface area (Å²) in [6, 6.07) is 9.97. The summed E-state index contributed by atoms with van der Waals surface area (Å²) in [5.41, 5.74) is 5.27. The molecule has 1 aromatic carbocycles. The molecule has 0 aliphatic carbocycles. The molecule has 0 fully saturated rings. The third kappa shape index (κ3) is 3.63. The van der Waals surface area contributed by atoms with Crippen molar-refractivity contribution in [1.29, 1.82) is 0 Å². The van der Waals surface area contributed by atoms with Gasteiger partial charge in [0.1, 0.15) is 5.76 Å². The van der Waals surface area contributed by atoms with Crippen LogP contribution in [0.5, 0.6) is 0 Å². The summed E-state index contributed by atoms with van der Waals surface area (Å²) in [6.45, 7) is 8.68. The highest BCUT2D eigenvalue weighted by Crippen LogP contribution is 2.17. The van der Waals surface area contributed by atoms with Crippen LogP contribution in [0.1, 0.15) is 44.3 Å². The van der Waals surface area contributed by atoms with E-state index < -0.39 is 0 Å². The molecule has 3 rings (SSSR count). The molecule has 0 saturated carbocycles. The number of amides is 1. The van der Waals surface area contributed by atoms with Gasteiger partial charge in [-0.25, -0.2) is 0 Å². The number of hydrogen-bond acceptors (Lipinski definition) is 4. The summed E-state index contributed by atoms with van der Waals surface area (Å²) < 4.78 is 7.11. The number of aryl methyl sites for hydroxylation is 4. The maximum Gasteiger partial charge on any atom is 0.274 e. The Bertz CT molecular complexity index is 908. The summed E-state index contributed by atoms with van der Waals surface area (Å²) in [5, 5.41) is 11.3. The van der Waals surface area contributed by atoms with Gasteiger partial charge in [-0.3, -0.25) is 9.48 Å². The molecule has 0 radical (unpaired) electrons. The summed E-state index contributed by atoms with van der Waals surface area (Å²) >= 11 is 0. The van der Waals surface area contributed by atoms with Gasteiger partial charge in [0, 0.05) is 17.8 Å². The number of carbonyl (C=O) groups excluding carboxylic acids is 1. The van der Waals surface area contributed by atoms with Crippen molar-refractivity contribution in [2.75, 3.05) is 0 Å². The van der Waals surface area contributed by atoms with Gasteiger partial charge >= 0.3 is 0 Å². The fourth-order valence-electron chi connectivity index (χ4n) is 2.81. The predicted octanol–water partition coefficient (Wildman–Crippen LogP) is 3.08. The van der Waals surface area contributed by atoms with E-state index >= 15 is 0 Å². The van der Waals surface area contributed by atoms with Gasteiger partial charge in [-0.1, -0.05) is 29.4 Å². The van der Waals surface area contributed by atoms with Crippen molar-refractivity contribution in [2.45, 2.75) is 40.8 Å². The molecular weight excluding hydrogens is 316 g/mol. The minimum Gasteiger partial charge on any atom is -0.361 e. The lowest BCUT2D eigenvalue weighted by molar-refractivity contribution is 0.0941.